The number of allylic oxidation sites excluding steroid dienone is 2. The molecule has 3 aliphatic carbocycles. The SMILES string of the molecule is O=C(O)C1C2C=CC(C1C(=O)O)C(C(=O)NO)C2C(=O)NO. The van der Waals surface area contributed by atoms with Crippen molar-refractivity contribution in [1.29, 1.82) is 0 Å². The van der Waals surface area contributed by atoms with E-state index in [2.05, 4.69) is 0 Å². The summed E-state index contributed by atoms with van der Waals surface area (Å²) in [5.74, 6) is -12.5. The van der Waals surface area contributed by atoms with Gasteiger partial charge in [0.1, 0.15) is 0 Å². The number of hydrogen-bond donors (Lipinski definition) is 6. The van der Waals surface area contributed by atoms with Crippen LogP contribution in [0.4, 0.5) is 0 Å². The summed E-state index contributed by atoms with van der Waals surface area (Å²) >= 11 is 0. The second kappa shape index (κ2) is 5.73. The van der Waals surface area contributed by atoms with Crippen molar-refractivity contribution >= 4 is 23.8 Å². The highest BCUT2D eigenvalue weighted by atomic mass is 16.5. The van der Waals surface area contributed by atoms with E-state index in [1.54, 1.807) is 0 Å². The van der Waals surface area contributed by atoms with Gasteiger partial charge in [0.15, 0.2) is 0 Å². The molecule has 0 aromatic carbocycles. The van der Waals surface area contributed by atoms with Gasteiger partial charge < -0.3 is 10.2 Å². The van der Waals surface area contributed by atoms with Gasteiger partial charge >= 0.3 is 11.9 Å². The van der Waals surface area contributed by atoms with E-state index in [0.29, 0.717) is 0 Å². The smallest absolute Gasteiger partial charge is 0.308 e. The molecule has 6 atom stereocenters. The molecule has 0 saturated heterocycles. The van der Waals surface area contributed by atoms with E-state index in [4.69, 9.17) is 10.4 Å². The first-order valence-electron chi connectivity index (χ1n) is 6.37. The first-order chi connectivity index (χ1) is 10.3. The monoisotopic (exact) mass is 314 g/mol. The van der Waals surface area contributed by atoms with Crippen molar-refractivity contribution in [2.24, 2.45) is 35.5 Å². The van der Waals surface area contributed by atoms with Gasteiger partial charge in [-0.05, 0) is 0 Å². The van der Waals surface area contributed by atoms with Crippen LogP contribution in [0.1, 0.15) is 0 Å². The van der Waals surface area contributed by atoms with Crippen LogP contribution in [0, 0.1) is 35.5 Å². The predicted molar refractivity (Wildman–Crippen MR) is 65.2 cm³/mol. The van der Waals surface area contributed by atoms with Crippen molar-refractivity contribution < 1.29 is 39.8 Å². The van der Waals surface area contributed by atoms with Gasteiger partial charge in [0.2, 0.25) is 11.8 Å². The Bertz CT molecular complexity index is 511. The van der Waals surface area contributed by atoms with Crippen molar-refractivity contribution in [2.45, 2.75) is 0 Å². The lowest BCUT2D eigenvalue weighted by molar-refractivity contribution is -0.172. The summed E-state index contributed by atoms with van der Waals surface area (Å²) in [4.78, 5) is 46.5. The predicted octanol–water partition coefficient (Wildman–Crippen LogP) is -1.55. The molecule has 0 spiro atoms. The summed E-state index contributed by atoms with van der Waals surface area (Å²) in [7, 11) is 0. The minimum absolute atomic E-state index is 1.01. The third kappa shape index (κ3) is 2.22. The second-order valence-corrected chi connectivity index (χ2v) is 5.27. The van der Waals surface area contributed by atoms with E-state index in [1.807, 2.05) is 0 Å². The molecule has 6 N–H and O–H groups in total. The van der Waals surface area contributed by atoms with Gasteiger partial charge in [0, 0.05) is 11.8 Å². The van der Waals surface area contributed by atoms with Crippen molar-refractivity contribution in [2.75, 3.05) is 0 Å². The van der Waals surface area contributed by atoms with Crippen LogP contribution < -0.4 is 11.0 Å². The molecule has 2 amide bonds. The van der Waals surface area contributed by atoms with Crippen LogP contribution in [0.25, 0.3) is 0 Å². The molecular weight excluding hydrogens is 300 g/mol. The fourth-order valence-electron chi connectivity index (χ4n) is 3.60. The highest BCUT2D eigenvalue weighted by Crippen LogP contribution is 2.51. The number of carbonyl (C=O) groups excluding carboxylic acids is 2. The fraction of sp³-hybridized carbons (Fsp3) is 0.500. The molecule has 120 valence electrons. The Balaban J connectivity index is 2.55. The highest BCUT2D eigenvalue weighted by Gasteiger charge is 2.60. The Morgan fingerprint density at radius 2 is 1.00 bits per heavy atom. The first-order valence-corrected chi connectivity index (χ1v) is 6.37. The number of aliphatic carboxylic acids is 2. The van der Waals surface area contributed by atoms with Crippen molar-refractivity contribution in [3.8, 4) is 0 Å². The van der Waals surface area contributed by atoms with Gasteiger partial charge in [-0.15, -0.1) is 0 Å². The summed E-state index contributed by atoms with van der Waals surface area (Å²) in [6, 6.07) is 0. The number of hydrogen-bond acceptors (Lipinski definition) is 6. The number of fused-ring (bicyclic) bond motifs is 2. The summed E-state index contributed by atoms with van der Waals surface area (Å²) in [5, 5.41) is 36.2. The van der Waals surface area contributed by atoms with E-state index in [0.717, 1.165) is 0 Å². The lowest BCUT2D eigenvalue weighted by Gasteiger charge is -2.48. The van der Waals surface area contributed by atoms with Crippen LogP contribution in [0.2, 0.25) is 0 Å². The maximum absolute atomic E-state index is 11.8. The summed E-state index contributed by atoms with van der Waals surface area (Å²) in [5.41, 5.74) is 2.71. The van der Waals surface area contributed by atoms with E-state index >= 15 is 0 Å². The van der Waals surface area contributed by atoms with Gasteiger partial charge in [-0.2, -0.15) is 0 Å². The average molecular weight is 314 g/mol. The Morgan fingerprint density at radius 3 is 1.23 bits per heavy atom. The molecule has 0 radical (unpaired) electrons. The van der Waals surface area contributed by atoms with Crippen LogP contribution >= 0.6 is 0 Å². The molecule has 22 heavy (non-hydrogen) atoms. The standard InChI is InChI=1S/C12H14N2O8/c15-9(13-21)5-3-1-2-4(6(5)10(16)14-22)8(12(19)20)7(3)11(17)18/h1-8,21-22H,(H,13,15)(H,14,16)(H,17,18)(H,19,20). The normalized spacial score (nSPS) is 35.7. The lowest BCUT2D eigenvalue weighted by Crippen LogP contribution is -2.60. The zero-order valence-corrected chi connectivity index (χ0v) is 11.0. The van der Waals surface area contributed by atoms with Gasteiger partial charge in [0.25, 0.3) is 0 Å². The molecule has 0 aliphatic heterocycles. The molecule has 10 nitrogen and oxygen atoms in total. The zero-order chi connectivity index (χ0) is 16.6. The number of carboxylic acid groups (broad SMARTS) is 2. The molecule has 3 aliphatic rings. The zero-order valence-electron chi connectivity index (χ0n) is 11.0. The van der Waals surface area contributed by atoms with Crippen molar-refractivity contribution in [3.05, 3.63) is 12.2 Å². The number of amides is 2. The van der Waals surface area contributed by atoms with E-state index in [-0.39, 0.29) is 0 Å². The van der Waals surface area contributed by atoms with Crippen LogP contribution in [0.5, 0.6) is 0 Å². The molecular formula is C12H14N2O8. The molecule has 0 aromatic rings. The first kappa shape index (κ1) is 15.9. The molecule has 0 heterocycles. The van der Waals surface area contributed by atoms with E-state index < -0.39 is 59.3 Å². The second-order valence-electron chi connectivity index (χ2n) is 5.27. The number of hydroxylamine groups is 2. The molecule has 0 aromatic heterocycles. The molecule has 2 bridgehead atoms. The summed E-state index contributed by atoms with van der Waals surface area (Å²) in [6.45, 7) is 0. The molecule has 10 heteroatoms. The largest absolute Gasteiger partial charge is 0.481 e. The topological polar surface area (TPSA) is 173 Å². The van der Waals surface area contributed by atoms with Crippen molar-refractivity contribution in [3.63, 3.8) is 0 Å². The Morgan fingerprint density at radius 1 is 0.682 bits per heavy atom. The number of nitrogens with one attached hydrogen (secondary N) is 2. The average Bonchev–Trinajstić information content (AvgIpc) is 2.51. The minimum Gasteiger partial charge on any atom is -0.481 e. The third-order valence-electron chi connectivity index (χ3n) is 4.38. The minimum atomic E-state index is -1.42. The Kier molecular flexibility index (Phi) is 4.15. The molecule has 1 fully saturated rings. The highest BCUT2D eigenvalue weighted by molar-refractivity contribution is 5.92. The molecule has 3 rings (SSSR count). The quantitative estimate of drug-likeness (QED) is 0.205. The number of carbonyl (C=O) groups is 4. The van der Waals surface area contributed by atoms with E-state index in [1.165, 1.54) is 23.1 Å². The van der Waals surface area contributed by atoms with E-state index in [9.17, 15) is 29.4 Å². The Labute approximate surface area is 123 Å². The maximum Gasteiger partial charge on any atom is 0.308 e. The molecule has 1 saturated carbocycles. The third-order valence-corrected chi connectivity index (χ3v) is 4.38. The summed E-state index contributed by atoms with van der Waals surface area (Å²) in [6.07, 6.45) is 2.73. The van der Waals surface area contributed by atoms with Crippen LogP contribution in [-0.2, 0) is 19.2 Å². The van der Waals surface area contributed by atoms with Crippen LogP contribution in [0.15, 0.2) is 12.2 Å². The van der Waals surface area contributed by atoms with Gasteiger partial charge in [-0.1, -0.05) is 12.2 Å². The number of rotatable bonds is 4. The fourth-order valence-corrected chi connectivity index (χ4v) is 3.60. The van der Waals surface area contributed by atoms with Gasteiger partial charge in [-0.3, -0.25) is 29.6 Å². The van der Waals surface area contributed by atoms with Gasteiger partial charge in [0.05, 0.1) is 23.7 Å². The molecule has 6 unspecified atom stereocenters. The van der Waals surface area contributed by atoms with Crippen molar-refractivity contribution in [1.82, 2.24) is 11.0 Å². The number of carboxylic acids is 2. The Hall–Kier alpha value is -2.46. The van der Waals surface area contributed by atoms with Crippen LogP contribution in [-0.4, -0.2) is 44.4 Å². The lowest BCUT2D eigenvalue weighted by atomic mass is 9.52. The van der Waals surface area contributed by atoms with Gasteiger partial charge in [-0.25, -0.2) is 11.0 Å². The van der Waals surface area contributed by atoms with Crippen LogP contribution in [0.3, 0.4) is 0 Å². The maximum atomic E-state index is 11.8. The summed E-state index contributed by atoms with van der Waals surface area (Å²) < 4.78 is 0.